The molecule has 0 saturated heterocycles. The second kappa shape index (κ2) is 7.54. The van der Waals surface area contributed by atoms with E-state index in [1.807, 2.05) is 6.07 Å². The van der Waals surface area contributed by atoms with Gasteiger partial charge in [-0.2, -0.15) is 13.2 Å². The Balaban J connectivity index is 1.89. The van der Waals surface area contributed by atoms with Crippen LogP contribution in [-0.4, -0.2) is 23.9 Å². The Bertz CT molecular complexity index is 589. The van der Waals surface area contributed by atoms with E-state index in [2.05, 4.69) is 10.6 Å². The number of rotatable bonds is 3. The quantitative estimate of drug-likeness (QED) is 0.743. The molecule has 0 aliphatic heterocycles. The lowest BCUT2D eigenvalue weighted by Gasteiger charge is -2.31. The van der Waals surface area contributed by atoms with Gasteiger partial charge in [0.25, 0.3) is 0 Å². The van der Waals surface area contributed by atoms with Crippen LogP contribution in [0.5, 0.6) is 0 Å². The SMILES string of the molecule is CC(C)(C)OC(=O)Nc1cccc(NC2CCC(C(F)(F)F)CC2)c1. The first kappa shape index (κ1) is 19.4. The molecule has 0 atom stereocenters. The number of halogens is 3. The lowest BCUT2D eigenvalue weighted by atomic mass is 9.85. The molecular weight excluding hydrogens is 333 g/mol. The summed E-state index contributed by atoms with van der Waals surface area (Å²) in [5, 5.41) is 5.91. The van der Waals surface area contributed by atoms with Gasteiger partial charge in [-0.05, 0) is 64.7 Å². The minimum Gasteiger partial charge on any atom is -0.444 e. The zero-order valence-corrected chi connectivity index (χ0v) is 14.7. The number of carbonyl (C=O) groups is 1. The van der Waals surface area contributed by atoms with E-state index < -0.39 is 23.8 Å². The van der Waals surface area contributed by atoms with Gasteiger partial charge in [-0.3, -0.25) is 5.32 Å². The molecule has 25 heavy (non-hydrogen) atoms. The van der Waals surface area contributed by atoms with Crippen molar-refractivity contribution >= 4 is 17.5 Å². The summed E-state index contributed by atoms with van der Waals surface area (Å²) in [7, 11) is 0. The van der Waals surface area contributed by atoms with Crippen molar-refractivity contribution in [1.29, 1.82) is 0 Å². The monoisotopic (exact) mass is 358 g/mol. The van der Waals surface area contributed by atoms with Crippen molar-refractivity contribution in [1.82, 2.24) is 0 Å². The highest BCUT2D eigenvalue weighted by Gasteiger charge is 2.41. The molecule has 7 heteroatoms. The van der Waals surface area contributed by atoms with Crippen LogP contribution in [0, 0.1) is 5.92 Å². The lowest BCUT2D eigenvalue weighted by Crippen LogP contribution is -2.32. The number of nitrogens with one attached hydrogen (secondary N) is 2. The molecule has 4 nitrogen and oxygen atoms in total. The minimum absolute atomic E-state index is 0.00961. The maximum atomic E-state index is 12.7. The van der Waals surface area contributed by atoms with Gasteiger partial charge in [0.15, 0.2) is 0 Å². The normalized spacial score (nSPS) is 21.5. The molecule has 0 heterocycles. The molecule has 1 aliphatic carbocycles. The topological polar surface area (TPSA) is 50.4 Å². The Kier molecular flexibility index (Phi) is 5.85. The predicted octanol–water partition coefficient (Wildman–Crippen LogP) is 5.57. The van der Waals surface area contributed by atoms with E-state index in [0.29, 0.717) is 18.5 Å². The molecule has 0 bridgehead atoms. The molecule has 2 rings (SSSR count). The molecular formula is C18H25F3N2O2. The van der Waals surface area contributed by atoms with Crippen molar-refractivity contribution in [3.63, 3.8) is 0 Å². The third kappa shape index (κ3) is 6.48. The van der Waals surface area contributed by atoms with Crippen LogP contribution >= 0.6 is 0 Å². The molecule has 0 spiro atoms. The Morgan fingerprint density at radius 2 is 1.68 bits per heavy atom. The first-order chi connectivity index (χ1) is 11.5. The van der Waals surface area contributed by atoms with Crippen molar-refractivity contribution in [3.05, 3.63) is 24.3 Å². The van der Waals surface area contributed by atoms with Crippen LogP contribution in [0.3, 0.4) is 0 Å². The number of hydrogen-bond donors (Lipinski definition) is 2. The van der Waals surface area contributed by atoms with Crippen LogP contribution < -0.4 is 10.6 Å². The van der Waals surface area contributed by atoms with Crippen LogP contribution in [0.1, 0.15) is 46.5 Å². The average molecular weight is 358 g/mol. The Labute approximate surface area is 146 Å². The van der Waals surface area contributed by atoms with Gasteiger partial charge in [0.05, 0.1) is 5.92 Å². The Hall–Kier alpha value is -1.92. The molecule has 1 fully saturated rings. The first-order valence-corrected chi connectivity index (χ1v) is 8.46. The molecule has 1 amide bonds. The number of ether oxygens (including phenoxy) is 1. The van der Waals surface area contributed by atoms with Crippen molar-refractivity contribution < 1.29 is 22.7 Å². The summed E-state index contributed by atoms with van der Waals surface area (Å²) in [4.78, 5) is 11.8. The van der Waals surface area contributed by atoms with Crippen LogP contribution in [-0.2, 0) is 4.74 Å². The van der Waals surface area contributed by atoms with Crippen molar-refractivity contribution in [2.75, 3.05) is 10.6 Å². The molecule has 1 aromatic rings. The van der Waals surface area contributed by atoms with Crippen molar-refractivity contribution in [3.8, 4) is 0 Å². The van der Waals surface area contributed by atoms with Crippen molar-refractivity contribution in [2.24, 2.45) is 5.92 Å². The summed E-state index contributed by atoms with van der Waals surface area (Å²) in [5.41, 5.74) is 0.754. The maximum absolute atomic E-state index is 12.7. The van der Waals surface area contributed by atoms with E-state index in [-0.39, 0.29) is 18.9 Å². The molecule has 2 N–H and O–H groups in total. The summed E-state index contributed by atoms with van der Waals surface area (Å²) in [6, 6.07) is 7.09. The second-order valence-corrected chi connectivity index (χ2v) is 7.44. The number of anilines is 2. The van der Waals surface area contributed by atoms with Gasteiger partial charge in [0, 0.05) is 17.4 Å². The van der Waals surface area contributed by atoms with Gasteiger partial charge in [-0.1, -0.05) is 6.07 Å². The summed E-state index contributed by atoms with van der Waals surface area (Å²) in [6.07, 6.45) is -3.38. The largest absolute Gasteiger partial charge is 0.444 e. The number of alkyl halides is 3. The first-order valence-electron chi connectivity index (χ1n) is 8.46. The van der Waals surface area contributed by atoms with E-state index >= 15 is 0 Å². The summed E-state index contributed by atoms with van der Waals surface area (Å²) < 4.78 is 43.3. The number of hydrogen-bond acceptors (Lipinski definition) is 3. The fourth-order valence-corrected chi connectivity index (χ4v) is 2.91. The number of carbonyl (C=O) groups excluding carboxylic acids is 1. The standard InChI is InChI=1S/C18H25F3N2O2/c1-17(2,3)25-16(24)23-15-6-4-5-14(11-15)22-13-9-7-12(8-10-13)18(19,20)21/h4-6,11-13,22H,7-10H2,1-3H3,(H,23,24). The van der Waals surface area contributed by atoms with Gasteiger partial charge < -0.3 is 10.1 Å². The van der Waals surface area contributed by atoms with Crippen LogP contribution in [0.2, 0.25) is 0 Å². The van der Waals surface area contributed by atoms with E-state index in [1.54, 1.807) is 39.0 Å². The predicted molar refractivity (Wildman–Crippen MR) is 91.7 cm³/mol. The van der Waals surface area contributed by atoms with E-state index in [0.717, 1.165) is 5.69 Å². The molecule has 1 aromatic carbocycles. The third-order valence-corrected chi connectivity index (χ3v) is 4.07. The molecule has 140 valence electrons. The lowest BCUT2D eigenvalue weighted by molar-refractivity contribution is -0.182. The van der Waals surface area contributed by atoms with Gasteiger partial charge in [0.1, 0.15) is 5.60 Å². The van der Waals surface area contributed by atoms with Gasteiger partial charge in [-0.25, -0.2) is 4.79 Å². The molecule has 1 aliphatic rings. The highest BCUT2D eigenvalue weighted by atomic mass is 19.4. The molecule has 0 radical (unpaired) electrons. The smallest absolute Gasteiger partial charge is 0.412 e. The van der Waals surface area contributed by atoms with Gasteiger partial charge in [-0.15, -0.1) is 0 Å². The number of benzene rings is 1. The summed E-state index contributed by atoms with van der Waals surface area (Å²) in [6.45, 7) is 5.34. The highest BCUT2D eigenvalue weighted by Crippen LogP contribution is 2.38. The Morgan fingerprint density at radius 3 is 2.24 bits per heavy atom. The zero-order chi connectivity index (χ0) is 18.7. The third-order valence-electron chi connectivity index (χ3n) is 4.07. The van der Waals surface area contributed by atoms with Crippen LogP contribution in [0.15, 0.2) is 24.3 Å². The minimum atomic E-state index is -4.10. The van der Waals surface area contributed by atoms with Crippen LogP contribution in [0.4, 0.5) is 29.3 Å². The fourth-order valence-electron chi connectivity index (χ4n) is 2.91. The fraction of sp³-hybridized carbons (Fsp3) is 0.611. The van der Waals surface area contributed by atoms with Crippen molar-refractivity contribution in [2.45, 2.75) is 64.3 Å². The average Bonchev–Trinajstić information content (AvgIpc) is 2.45. The van der Waals surface area contributed by atoms with Gasteiger partial charge in [0.2, 0.25) is 0 Å². The van der Waals surface area contributed by atoms with E-state index in [4.69, 9.17) is 4.74 Å². The van der Waals surface area contributed by atoms with E-state index in [9.17, 15) is 18.0 Å². The molecule has 1 saturated carbocycles. The highest BCUT2D eigenvalue weighted by molar-refractivity contribution is 5.85. The van der Waals surface area contributed by atoms with Gasteiger partial charge >= 0.3 is 12.3 Å². The summed E-state index contributed by atoms with van der Waals surface area (Å²) in [5.74, 6) is -1.19. The zero-order valence-electron chi connectivity index (χ0n) is 14.7. The maximum Gasteiger partial charge on any atom is 0.412 e. The Morgan fingerprint density at radius 1 is 1.08 bits per heavy atom. The molecule has 0 aromatic heterocycles. The van der Waals surface area contributed by atoms with Crippen LogP contribution in [0.25, 0.3) is 0 Å². The second-order valence-electron chi connectivity index (χ2n) is 7.44. The molecule has 0 unspecified atom stereocenters. The number of amides is 1. The summed E-state index contributed by atoms with van der Waals surface area (Å²) >= 11 is 0. The van der Waals surface area contributed by atoms with E-state index in [1.165, 1.54) is 0 Å².